The van der Waals surface area contributed by atoms with Crippen molar-refractivity contribution in [3.8, 4) is 0 Å². The van der Waals surface area contributed by atoms with Crippen molar-refractivity contribution < 1.29 is 0 Å². The van der Waals surface area contributed by atoms with E-state index in [-0.39, 0.29) is 0 Å². The fraction of sp³-hybridized carbons (Fsp3) is 0.950. The predicted molar refractivity (Wildman–Crippen MR) is 191 cm³/mol. The third-order valence-electron chi connectivity index (χ3n) is 9.82. The molecule has 0 fully saturated rings. The molecule has 0 aliphatic carbocycles. The van der Waals surface area contributed by atoms with Crippen molar-refractivity contribution in [3.63, 3.8) is 0 Å². The Kier molecular flexibility index (Phi) is 29.8. The maximum Gasteiger partial charge on any atom is 0.101 e. The van der Waals surface area contributed by atoms with E-state index >= 15 is 0 Å². The molecular weight excluding hydrogens is 508 g/mol. The average Bonchev–Trinajstić information content (AvgIpc) is 3.38. The van der Waals surface area contributed by atoms with Crippen LogP contribution < -0.4 is 0 Å². The highest BCUT2D eigenvalue weighted by atomic mass is 15.4. The Bertz CT molecular complexity index is 544. The molecule has 42 heavy (non-hydrogen) atoms. The summed E-state index contributed by atoms with van der Waals surface area (Å²) >= 11 is 0. The lowest BCUT2D eigenvalue weighted by Crippen LogP contribution is -2.39. The topological polar surface area (TPSA) is 6.48 Å². The van der Waals surface area contributed by atoms with Crippen molar-refractivity contribution in [2.24, 2.45) is 0 Å². The van der Waals surface area contributed by atoms with Crippen LogP contribution in [0.5, 0.6) is 0 Å². The molecule has 0 saturated heterocycles. The van der Waals surface area contributed by atoms with E-state index in [0.717, 1.165) is 0 Å². The zero-order valence-corrected chi connectivity index (χ0v) is 29.7. The smallest absolute Gasteiger partial charge is 0.101 e. The Balaban J connectivity index is 2.14. The predicted octanol–water partition coefficient (Wildman–Crippen LogP) is 13.9. The molecule has 1 heterocycles. The first kappa shape index (κ1) is 39.4. The number of nitrogens with zero attached hydrogens (tertiary/aromatic N) is 2. The van der Waals surface area contributed by atoms with Gasteiger partial charge in [0, 0.05) is 25.5 Å². The van der Waals surface area contributed by atoms with E-state index in [0.29, 0.717) is 6.17 Å². The van der Waals surface area contributed by atoms with Crippen LogP contribution in [-0.2, 0) is 0 Å². The summed E-state index contributed by atoms with van der Waals surface area (Å²) in [6.07, 6.45) is 51.4. The Morgan fingerprint density at radius 1 is 0.310 bits per heavy atom. The first-order valence-electron chi connectivity index (χ1n) is 20.0. The SMILES string of the molecule is CCCCCCCCCCCCCCCCCN1C=CN(CCCCCCCCCCCC)C1CCCCCCCC. The summed E-state index contributed by atoms with van der Waals surface area (Å²) in [6.45, 7) is 9.48. The Hall–Kier alpha value is -0.660. The number of unbranched alkanes of at least 4 members (excludes halogenated alkanes) is 28. The van der Waals surface area contributed by atoms with Crippen molar-refractivity contribution in [2.45, 2.75) is 232 Å². The van der Waals surface area contributed by atoms with E-state index in [4.69, 9.17) is 0 Å². The van der Waals surface area contributed by atoms with Gasteiger partial charge in [-0.05, 0) is 25.7 Å². The largest absolute Gasteiger partial charge is 0.356 e. The summed E-state index contributed by atoms with van der Waals surface area (Å²) < 4.78 is 0. The monoisotopic (exact) mass is 589 g/mol. The first-order chi connectivity index (χ1) is 20.8. The molecular formula is C40H80N2. The number of hydrogen-bond acceptors (Lipinski definition) is 2. The zero-order chi connectivity index (χ0) is 30.2. The van der Waals surface area contributed by atoms with Crippen molar-refractivity contribution in [1.29, 1.82) is 0 Å². The highest BCUT2D eigenvalue weighted by Gasteiger charge is 2.24. The first-order valence-corrected chi connectivity index (χ1v) is 20.0. The van der Waals surface area contributed by atoms with E-state index in [1.165, 1.54) is 219 Å². The van der Waals surface area contributed by atoms with Crippen LogP contribution in [0.3, 0.4) is 0 Å². The van der Waals surface area contributed by atoms with Gasteiger partial charge in [-0.25, -0.2) is 0 Å². The summed E-state index contributed by atoms with van der Waals surface area (Å²) in [4.78, 5) is 5.42. The molecule has 0 spiro atoms. The normalized spacial score (nSPS) is 15.0. The molecule has 1 aliphatic rings. The summed E-state index contributed by atoms with van der Waals surface area (Å²) in [5, 5.41) is 0. The molecule has 1 rings (SSSR count). The lowest BCUT2D eigenvalue weighted by atomic mass is 10.0. The van der Waals surface area contributed by atoms with Crippen molar-refractivity contribution >= 4 is 0 Å². The van der Waals surface area contributed by atoms with E-state index in [1.807, 2.05) is 0 Å². The van der Waals surface area contributed by atoms with Gasteiger partial charge in [-0.3, -0.25) is 0 Å². The third-order valence-corrected chi connectivity index (χ3v) is 9.82. The summed E-state index contributed by atoms with van der Waals surface area (Å²) in [6, 6.07) is 0. The van der Waals surface area contributed by atoms with Crippen LogP contribution in [0.25, 0.3) is 0 Å². The highest BCUT2D eigenvalue weighted by molar-refractivity contribution is 4.97. The molecule has 0 aromatic heterocycles. The summed E-state index contributed by atoms with van der Waals surface area (Å²) in [7, 11) is 0. The summed E-state index contributed by atoms with van der Waals surface area (Å²) in [5.41, 5.74) is 0. The molecule has 0 amide bonds. The molecule has 2 nitrogen and oxygen atoms in total. The zero-order valence-electron chi connectivity index (χ0n) is 29.7. The van der Waals surface area contributed by atoms with Gasteiger partial charge in [0.25, 0.3) is 0 Å². The minimum atomic E-state index is 0.640. The second kappa shape index (κ2) is 31.8. The maximum atomic E-state index is 2.71. The van der Waals surface area contributed by atoms with Crippen LogP contribution in [0.1, 0.15) is 226 Å². The van der Waals surface area contributed by atoms with Crippen LogP contribution in [0, 0.1) is 0 Å². The molecule has 0 aromatic carbocycles. The number of rotatable bonds is 34. The van der Waals surface area contributed by atoms with Gasteiger partial charge < -0.3 is 9.80 Å². The fourth-order valence-corrected chi connectivity index (χ4v) is 6.89. The minimum Gasteiger partial charge on any atom is -0.356 e. The molecule has 2 heteroatoms. The van der Waals surface area contributed by atoms with E-state index < -0.39 is 0 Å². The molecule has 0 saturated carbocycles. The lowest BCUT2D eigenvalue weighted by Gasteiger charge is -2.33. The standard InChI is InChI=1S/C40H80N2/c1-4-7-10-13-16-18-20-21-22-23-24-26-28-31-34-37-42-39-38-41(40(42)35-32-29-15-12-9-6-3)36-33-30-27-25-19-17-14-11-8-5-2/h38-40H,4-37H2,1-3H3. The third kappa shape index (κ3) is 23.8. The molecule has 1 unspecified atom stereocenters. The second-order valence-electron chi connectivity index (χ2n) is 13.9. The molecule has 250 valence electrons. The van der Waals surface area contributed by atoms with Crippen molar-refractivity contribution in [1.82, 2.24) is 9.80 Å². The van der Waals surface area contributed by atoms with Crippen LogP contribution in [0.15, 0.2) is 12.4 Å². The van der Waals surface area contributed by atoms with Gasteiger partial charge in [-0.1, -0.05) is 201 Å². The van der Waals surface area contributed by atoms with Crippen LogP contribution in [0.4, 0.5) is 0 Å². The van der Waals surface area contributed by atoms with Gasteiger partial charge in [0.2, 0.25) is 0 Å². The highest BCUT2D eigenvalue weighted by Crippen LogP contribution is 2.24. The average molecular weight is 589 g/mol. The molecule has 0 radical (unpaired) electrons. The number of hydrogen-bond donors (Lipinski definition) is 0. The van der Waals surface area contributed by atoms with E-state index in [2.05, 4.69) is 43.0 Å². The van der Waals surface area contributed by atoms with Gasteiger partial charge in [0.1, 0.15) is 6.17 Å². The van der Waals surface area contributed by atoms with Crippen LogP contribution in [0.2, 0.25) is 0 Å². The van der Waals surface area contributed by atoms with Gasteiger partial charge in [-0.15, -0.1) is 0 Å². The molecule has 1 atom stereocenters. The Morgan fingerprint density at radius 2 is 0.548 bits per heavy atom. The lowest BCUT2D eigenvalue weighted by molar-refractivity contribution is 0.135. The maximum absolute atomic E-state index is 2.71. The van der Waals surface area contributed by atoms with Gasteiger partial charge in [0.15, 0.2) is 0 Å². The fourth-order valence-electron chi connectivity index (χ4n) is 6.89. The quantitative estimate of drug-likeness (QED) is 0.0690. The summed E-state index contributed by atoms with van der Waals surface area (Å²) in [5.74, 6) is 0. The van der Waals surface area contributed by atoms with E-state index in [9.17, 15) is 0 Å². The van der Waals surface area contributed by atoms with Gasteiger partial charge in [-0.2, -0.15) is 0 Å². The van der Waals surface area contributed by atoms with Crippen LogP contribution in [-0.4, -0.2) is 29.1 Å². The molecule has 0 N–H and O–H groups in total. The van der Waals surface area contributed by atoms with Crippen molar-refractivity contribution in [2.75, 3.05) is 13.1 Å². The Labute approximate surface area is 267 Å². The molecule has 0 aromatic rings. The second-order valence-corrected chi connectivity index (χ2v) is 13.9. The van der Waals surface area contributed by atoms with Gasteiger partial charge in [0.05, 0.1) is 0 Å². The Morgan fingerprint density at radius 3 is 0.833 bits per heavy atom. The minimum absolute atomic E-state index is 0.640. The van der Waals surface area contributed by atoms with Crippen LogP contribution >= 0.6 is 0 Å². The van der Waals surface area contributed by atoms with Crippen molar-refractivity contribution in [3.05, 3.63) is 12.4 Å². The molecule has 0 bridgehead atoms. The molecule has 1 aliphatic heterocycles. The van der Waals surface area contributed by atoms with E-state index in [1.54, 1.807) is 0 Å². The van der Waals surface area contributed by atoms with Gasteiger partial charge >= 0.3 is 0 Å².